The molecule has 0 bridgehead atoms. The van der Waals surface area contributed by atoms with Crippen LogP contribution in [0.15, 0.2) is 42.7 Å². The summed E-state index contributed by atoms with van der Waals surface area (Å²) in [4.78, 5) is 3.70. The number of rotatable bonds is 3. The molecule has 0 aliphatic heterocycles. The average molecular weight is 257 g/mol. The fourth-order valence-electron chi connectivity index (χ4n) is 2.51. The monoisotopic (exact) mass is 257 g/mol. The van der Waals surface area contributed by atoms with Gasteiger partial charge in [-0.1, -0.05) is 30.7 Å². The van der Waals surface area contributed by atoms with E-state index < -0.39 is 11.9 Å². The predicted octanol–water partition coefficient (Wildman–Crippen LogP) is 3.57. The molecule has 1 N–H and O–H groups in total. The van der Waals surface area contributed by atoms with Crippen LogP contribution in [-0.2, 0) is 0 Å². The van der Waals surface area contributed by atoms with Gasteiger partial charge in [-0.2, -0.15) is 0 Å². The first kappa shape index (κ1) is 12.3. The SMILES string of the molecule is OC(c1cccc(C2CCC2)c1)c1ccncc1F. The minimum absolute atomic E-state index is 0.278. The van der Waals surface area contributed by atoms with Crippen LogP contribution in [0.25, 0.3) is 0 Å². The lowest BCUT2D eigenvalue weighted by Gasteiger charge is -2.26. The smallest absolute Gasteiger partial charge is 0.147 e. The van der Waals surface area contributed by atoms with Crippen molar-refractivity contribution in [1.29, 1.82) is 0 Å². The molecule has 2 aromatic rings. The van der Waals surface area contributed by atoms with Gasteiger partial charge in [-0.05, 0) is 36.0 Å². The number of halogens is 1. The second kappa shape index (κ2) is 5.10. The molecule has 1 aromatic carbocycles. The molecule has 0 spiro atoms. The van der Waals surface area contributed by atoms with Crippen molar-refractivity contribution in [2.75, 3.05) is 0 Å². The van der Waals surface area contributed by atoms with Crippen LogP contribution in [-0.4, -0.2) is 10.1 Å². The third-order valence-corrected chi connectivity index (χ3v) is 3.90. The summed E-state index contributed by atoms with van der Waals surface area (Å²) >= 11 is 0. The minimum atomic E-state index is -0.928. The highest BCUT2D eigenvalue weighted by molar-refractivity contribution is 5.34. The van der Waals surface area contributed by atoms with Gasteiger partial charge in [-0.25, -0.2) is 4.39 Å². The van der Waals surface area contributed by atoms with E-state index in [9.17, 15) is 9.50 Å². The second-order valence-electron chi connectivity index (χ2n) is 5.10. The number of benzene rings is 1. The highest BCUT2D eigenvalue weighted by atomic mass is 19.1. The molecular formula is C16H16FNO. The minimum Gasteiger partial charge on any atom is -0.384 e. The first-order valence-electron chi connectivity index (χ1n) is 6.63. The Labute approximate surface area is 111 Å². The van der Waals surface area contributed by atoms with Gasteiger partial charge in [0.15, 0.2) is 0 Å². The molecule has 0 saturated heterocycles. The van der Waals surface area contributed by atoms with E-state index in [0.29, 0.717) is 5.92 Å². The van der Waals surface area contributed by atoms with Gasteiger partial charge < -0.3 is 5.11 Å². The van der Waals surface area contributed by atoms with Crippen molar-refractivity contribution in [2.45, 2.75) is 31.3 Å². The van der Waals surface area contributed by atoms with Gasteiger partial charge in [0.25, 0.3) is 0 Å². The Morgan fingerprint density at radius 2 is 2.11 bits per heavy atom. The standard InChI is InChI=1S/C16H16FNO/c17-15-10-18-8-7-14(15)16(19)13-6-2-5-12(9-13)11-3-1-4-11/h2,5-11,16,19H,1,3-4H2. The van der Waals surface area contributed by atoms with Crippen LogP contribution in [0, 0.1) is 5.82 Å². The second-order valence-corrected chi connectivity index (χ2v) is 5.10. The number of aromatic nitrogens is 1. The Kier molecular flexibility index (Phi) is 3.30. The van der Waals surface area contributed by atoms with Crippen LogP contribution in [0.5, 0.6) is 0 Å². The quantitative estimate of drug-likeness (QED) is 0.911. The van der Waals surface area contributed by atoms with Gasteiger partial charge in [0.2, 0.25) is 0 Å². The Balaban J connectivity index is 1.91. The largest absolute Gasteiger partial charge is 0.384 e. The lowest BCUT2D eigenvalue weighted by Crippen LogP contribution is -2.10. The van der Waals surface area contributed by atoms with Gasteiger partial charge in [-0.3, -0.25) is 4.98 Å². The van der Waals surface area contributed by atoms with Crippen molar-refractivity contribution in [1.82, 2.24) is 4.98 Å². The maximum absolute atomic E-state index is 13.6. The van der Waals surface area contributed by atoms with Gasteiger partial charge in [0, 0.05) is 11.8 Å². The molecule has 1 unspecified atom stereocenters. The van der Waals surface area contributed by atoms with Gasteiger partial charge in [0.1, 0.15) is 11.9 Å². The highest BCUT2D eigenvalue weighted by Crippen LogP contribution is 2.37. The molecule has 1 atom stereocenters. The predicted molar refractivity (Wildman–Crippen MR) is 71.3 cm³/mol. The maximum Gasteiger partial charge on any atom is 0.147 e. The van der Waals surface area contributed by atoms with E-state index in [1.54, 1.807) is 0 Å². The molecule has 3 heteroatoms. The summed E-state index contributed by atoms with van der Waals surface area (Å²) in [6.45, 7) is 0. The number of nitrogens with zero attached hydrogens (tertiary/aromatic N) is 1. The van der Waals surface area contributed by atoms with Crippen LogP contribution < -0.4 is 0 Å². The fraction of sp³-hybridized carbons (Fsp3) is 0.312. The van der Waals surface area contributed by atoms with E-state index in [2.05, 4.69) is 11.1 Å². The van der Waals surface area contributed by atoms with Crippen molar-refractivity contribution in [2.24, 2.45) is 0 Å². The van der Waals surface area contributed by atoms with Crippen LogP contribution >= 0.6 is 0 Å². The van der Waals surface area contributed by atoms with Crippen molar-refractivity contribution >= 4 is 0 Å². The average Bonchev–Trinajstić information content (AvgIpc) is 2.37. The molecule has 3 rings (SSSR count). The molecular weight excluding hydrogens is 241 g/mol. The van der Waals surface area contributed by atoms with Gasteiger partial charge in [-0.15, -0.1) is 0 Å². The van der Waals surface area contributed by atoms with Crippen LogP contribution in [0.1, 0.15) is 48.0 Å². The lowest BCUT2D eigenvalue weighted by atomic mass is 9.79. The Hall–Kier alpha value is -1.74. The number of aliphatic hydroxyl groups excluding tert-OH is 1. The van der Waals surface area contributed by atoms with Crippen LogP contribution in [0.3, 0.4) is 0 Å². The lowest BCUT2D eigenvalue weighted by molar-refractivity contribution is 0.214. The van der Waals surface area contributed by atoms with Crippen molar-refractivity contribution in [3.63, 3.8) is 0 Å². The molecule has 1 heterocycles. The van der Waals surface area contributed by atoms with E-state index in [-0.39, 0.29) is 5.56 Å². The first-order valence-corrected chi connectivity index (χ1v) is 6.63. The van der Waals surface area contributed by atoms with E-state index in [4.69, 9.17) is 0 Å². The number of pyridine rings is 1. The van der Waals surface area contributed by atoms with Crippen molar-refractivity contribution in [3.8, 4) is 0 Å². The zero-order valence-corrected chi connectivity index (χ0v) is 10.6. The van der Waals surface area contributed by atoms with Crippen LogP contribution in [0.2, 0.25) is 0 Å². The third-order valence-electron chi connectivity index (χ3n) is 3.90. The topological polar surface area (TPSA) is 33.1 Å². The Morgan fingerprint density at radius 3 is 2.79 bits per heavy atom. The zero-order valence-electron chi connectivity index (χ0n) is 10.6. The molecule has 19 heavy (non-hydrogen) atoms. The summed E-state index contributed by atoms with van der Waals surface area (Å²) < 4.78 is 13.6. The molecule has 98 valence electrons. The molecule has 1 aliphatic rings. The summed E-state index contributed by atoms with van der Waals surface area (Å²) in [5, 5.41) is 10.3. The number of hydrogen-bond acceptors (Lipinski definition) is 2. The molecule has 1 saturated carbocycles. The number of hydrogen-bond donors (Lipinski definition) is 1. The summed E-state index contributed by atoms with van der Waals surface area (Å²) in [5.41, 5.74) is 2.27. The fourth-order valence-corrected chi connectivity index (χ4v) is 2.51. The molecule has 1 fully saturated rings. The maximum atomic E-state index is 13.6. The Bertz CT molecular complexity index is 580. The molecule has 0 amide bonds. The van der Waals surface area contributed by atoms with E-state index in [1.807, 2.05) is 18.2 Å². The highest BCUT2D eigenvalue weighted by Gasteiger charge is 2.21. The normalized spacial score (nSPS) is 16.9. The summed E-state index contributed by atoms with van der Waals surface area (Å²) in [5.74, 6) is 0.137. The van der Waals surface area contributed by atoms with Gasteiger partial charge in [0.05, 0.1) is 6.20 Å². The van der Waals surface area contributed by atoms with Gasteiger partial charge >= 0.3 is 0 Å². The molecule has 2 nitrogen and oxygen atoms in total. The molecule has 1 aromatic heterocycles. The van der Waals surface area contributed by atoms with Crippen molar-refractivity contribution < 1.29 is 9.50 Å². The van der Waals surface area contributed by atoms with Crippen LogP contribution in [0.4, 0.5) is 4.39 Å². The summed E-state index contributed by atoms with van der Waals surface area (Å²) in [7, 11) is 0. The third kappa shape index (κ3) is 2.38. The van der Waals surface area contributed by atoms with E-state index in [0.717, 1.165) is 11.8 Å². The number of aliphatic hydroxyl groups is 1. The summed E-state index contributed by atoms with van der Waals surface area (Å²) in [6, 6.07) is 9.38. The van der Waals surface area contributed by atoms with E-state index in [1.165, 1.54) is 37.1 Å². The van der Waals surface area contributed by atoms with Crippen molar-refractivity contribution in [3.05, 3.63) is 65.2 Å². The van der Waals surface area contributed by atoms with E-state index >= 15 is 0 Å². The summed E-state index contributed by atoms with van der Waals surface area (Å²) in [6.07, 6.45) is 5.40. The first-order chi connectivity index (χ1) is 9.25. The molecule has 1 aliphatic carbocycles. The Morgan fingerprint density at radius 1 is 1.26 bits per heavy atom. The zero-order chi connectivity index (χ0) is 13.2. The molecule has 0 radical (unpaired) electrons.